The molecule has 0 amide bonds. The van der Waals surface area contributed by atoms with Gasteiger partial charge < -0.3 is 9.64 Å². The lowest BCUT2D eigenvalue weighted by molar-refractivity contribution is -0.00259. The first kappa shape index (κ1) is 11.7. The molecule has 3 aliphatic heterocycles. The monoisotopic (exact) mass is 372 g/mol. The van der Waals surface area contributed by atoms with Crippen LogP contribution in [0.15, 0.2) is 15.1 Å². The number of aromatic nitrogens is 1. The van der Waals surface area contributed by atoms with Crippen LogP contribution in [-0.4, -0.2) is 35.6 Å². The highest BCUT2D eigenvalue weighted by Gasteiger charge is 2.52. The molecule has 3 nitrogen and oxygen atoms in total. The second-order valence-electron chi connectivity index (χ2n) is 5.66. The molecule has 1 aromatic rings. The largest absolute Gasteiger partial charge is 0.487 e. The summed E-state index contributed by atoms with van der Waals surface area (Å²) in [4.78, 5) is 7.19. The molecule has 3 aliphatic rings. The van der Waals surface area contributed by atoms with Crippen LogP contribution in [-0.2, 0) is 6.42 Å². The van der Waals surface area contributed by atoms with Gasteiger partial charge in [-0.05, 0) is 57.3 Å². The highest BCUT2D eigenvalue weighted by molar-refractivity contribution is 9.11. The van der Waals surface area contributed by atoms with E-state index in [4.69, 9.17) is 4.74 Å². The Kier molecular flexibility index (Phi) is 2.55. The van der Waals surface area contributed by atoms with Crippen LogP contribution in [0.5, 0.6) is 5.75 Å². The Hall–Kier alpha value is -0.130. The molecular formula is C13H14Br2N2O. The van der Waals surface area contributed by atoms with Gasteiger partial charge in [-0.3, -0.25) is 0 Å². The molecule has 0 aromatic carbocycles. The Morgan fingerprint density at radius 2 is 2.28 bits per heavy atom. The molecule has 2 bridgehead atoms. The first-order valence-corrected chi connectivity index (χ1v) is 7.99. The minimum atomic E-state index is 0.318. The van der Waals surface area contributed by atoms with Crippen LogP contribution in [0.25, 0.3) is 0 Å². The van der Waals surface area contributed by atoms with E-state index >= 15 is 0 Å². The lowest BCUT2D eigenvalue weighted by Crippen LogP contribution is -2.51. The predicted octanol–water partition coefficient (Wildman–Crippen LogP) is 3.01. The van der Waals surface area contributed by atoms with E-state index in [1.54, 1.807) is 0 Å². The normalized spacial score (nSPS) is 36.8. The number of piperidine rings is 1. The SMILES string of the molecule is Brc1cc(Br)c2c(n1)C[C@@]13CC[N@](CCC1O2)C3. The van der Waals surface area contributed by atoms with Crippen LogP contribution in [0, 0.1) is 5.41 Å². The molecule has 0 N–H and O–H groups in total. The van der Waals surface area contributed by atoms with Crippen LogP contribution in [0.3, 0.4) is 0 Å². The summed E-state index contributed by atoms with van der Waals surface area (Å²) in [5, 5.41) is 0. The summed E-state index contributed by atoms with van der Waals surface area (Å²) < 4.78 is 8.19. The summed E-state index contributed by atoms with van der Waals surface area (Å²) in [5.74, 6) is 0.967. The number of halogens is 2. The lowest BCUT2D eigenvalue weighted by Gasteiger charge is -2.45. The number of ether oxygens (including phenoxy) is 1. The smallest absolute Gasteiger partial charge is 0.155 e. The first-order chi connectivity index (χ1) is 8.66. The zero-order valence-corrected chi connectivity index (χ0v) is 13.1. The lowest BCUT2D eigenvalue weighted by atomic mass is 9.73. The first-order valence-electron chi connectivity index (χ1n) is 6.40. The molecule has 96 valence electrons. The van der Waals surface area contributed by atoms with Gasteiger partial charge in [0.2, 0.25) is 0 Å². The van der Waals surface area contributed by atoms with Crippen molar-refractivity contribution >= 4 is 31.9 Å². The molecule has 2 fully saturated rings. The average molecular weight is 374 g/mol. The number of rotatable bonds is 0. The zero-order valence-electron chi connectivity index (χ0n) is 9.96. The van der Waals surface area contributed by atoms with Crippen LogP contribution < -0.4 is 4.74 Å². The highest BCUT2D eigenvalue weighted by atomic mass is 79.9. The Balaban J connectivity index is 1.80. The topological polar surface area (TPSA) is 25.4 Å². The maximum atomic E-state index is 6.29. The molecule has 4 rings (SSSR count). The van der Waals surface area contributed by atoms with Gasteiger partial charge >= 0.3 is 0 Å². The van der Waals surface area contributed by atoms with E-state index < -0.39 is 0 Å². The summed E-state index contributed by atoms with van der Waals surface area (Å²) in [6, 6.07) is 1.97. The quantitative estimate of drug-likeness (QED) is 0.653. The summed E-state index contributed by atoms with van der Waals surface area (Å²) in [6.45, 7) is 3.59. The van der Waals surface area contributed by atoms with Crippen molar-refractivity contribution in [1.29, 1.82) is 0 Å². The standard InChI is InChI=1S/C13H14Br2N2O/c14-8-5-11(15)16-9-6-13-2-4-17(7-13)3-1-10(13)18-12(8)9/h5,10H,1-4,6-7H2/t10?,13-/m1/s1. The minimum absolute atomic E-state index is 0.318. The molecule has 1 unspecified atom stereocenters. The van der Waals surface area contributed by atoms with Crippen molar-refractivity contribution in [2.24, 2.45) is 5.41 Å². The Morgan fingerprint density at radius 3 is 3.17 bits per heavy atom. The Labute approximate surface area is 123 Å². The second kappa shape index (κ2) is 3.93. The zero-order chi connectivity index (χ0) is 12.3. The molecule has 1 aromatic heterocycles. The molecule has 2 saturated heterocycles. The van der Waals surface area contributed by atoms with Gasteiger partial charge in [-0.25, -0.2) is 4.98 Å². The van der Waals surface area contributed by atoms with Gasteiger partial charge in [0.25, 0.3) is 0 Å². The van der Waals surface area contributed by atoms with Crippen molar-refractivity contribution in [3.05, 3.63) is 20.8 Å². The van der Waals surface area contributed by atoms with Crippen LogP contribution >= 0.6 is 31.9 Å². The molecule has 5 heteroatoms. The molecule has 0 saturated carbocycles. The number of pyridine rings is 1. The van der Waals surface area contributed by atoms with Crippen molar-refractivity contribution in [2.45, 2.75) is 25.4 Å². The third kappa shape index (κ3) is 1.60. The van der Waals surface area contributed by atoms with Crippen molar-refractivity contribution < 1.29 is 4.74 Å². The van der Waals surface area contributed by atoms with Crippen LogP contribution in [0.4, 0.5) is 0 Å². The fourth-order valence-electron chi connectivity index (χ4n) is 3.73. The molecular weight excluding hydrogens is 360 g/mol. The van der Waals surface area contributed by atoms with Crippen LogP contribution in [0.2, 0.25) is 0 Å². The van der Waals surface area contributed by atoms with Gasteiger partial charge in [0.05, 0.1) is 10.2 Å². The molecule has 0 radical (unpaired) electrons. The predicted molar refractivity (Wildman–Crippen MR) is 75.9 cm³/mol. The van der Waals surface area contributed by atoms with Crippen molar-refractivity contribution in [3.8, 4) is 5.75 Å². The number of hydrogen-bond acceptors (Lipinski definition) is 3. The third-order valence-electron chi connectivity index (χ3n) is 4.60. The van der Waals surface area contributed by atoms with Crippen LogP contribution in [0.1, 0.15) is 18.5 Å². The van der Waals surface area contributed by atoms with Crippen molar-refractivity contribution in [2.75, 3.05) is 19.6 Å². The highest BCUT2D eigenvalue weighted by Crippen LogP contribution is 2.49. The van der Waals surface area contributed by atoms with E-state index in [1.807, 2.05) is 6.07 Å². The van der Waals surface area contributed by atoms with Crippen molar-refractivity contribution in [3.63, 3.8) is 0 Å². The molecule has 0 aliphatic carbocycles. The van der Waals surface area contributed by atoms with E-state index in [-0.39, 0.29) is 0 Å². The number of fused-ring (bicyclic) bond motifs is 2. The summed E-state index contributed by atoms with van der Waals surface area (Å²) in [5.41, 5.74) is 1.43. The molecule has 18 heavy (non-hydrogen) atoms. The molecule has 1 spiro atoms. The Bertz CT molecular complexity index is 522. The summed E-state index contributed by atoms with van der Waals surface area (Å²) in [7, 11) is 0. The second-order valence-corrected chi connectivity index (χ2v) is 7.33. The van der Waals surface area contributed by atoms with E-state index in [2.05, 4.69) is 41.7 Å². The van der Waals surface area contributed by atoms with E-state index in [0.29, 0.717) is 11.5 Å². The van der Waals surface area contributed by atoms with Gasteiger partial charge in [-0.1, -0.05) is 0 Å². The van der Waals surface area contributed by atoms with Gasteiger partial charge in [0.1, 0.15) is 10.7 Å². The van der Waals surface area contributed by atoms with Gasteiger partial charge in [0, 0.05) is 24.9 Å². The molecule has 3 atom stereocenters. The Morgan fingerprint density at radius 1 is 1.39 bits per heavy atom. The van der Waals surface area contributed by atoms with E-state index in [9.17, 15) is 0 Å². The summed E-state index contributed by atoms with van der Waals surface area (Å²) >= 11 is 7.07. The number of nitrogens with zero attached hydrogens (tertiary/aromatic N) is 2. The maximum Gasteiger partial charge on any atom is 0.155 e. The number of hydrogen-bond donors (Lipinski definition) is 0. The van der Waals surface area contributed by atoms with Gasteiger partial charge in [0.15, 0.2) is 5.75 Å². The fraction of sp³-hybridized carbons (Fsp3) is 0.615. The average Bonchev–Trinajstić information content (AvgIpc) is 2.64. The third-order valence-corrected chi connectivity index (χ3v) is 5.60. The van der Waals surface area contributed by atoms with E-state index in [0.717, 1.165) is 33.4 Å². The maximum absolute atomic E-state index is 6.29. The minimum Gasteiger partial charge on any atom is -0.487 e. The fourth-order valence-corrected chi connectivity index (χ4v) is 5.02. The van der Waals surface area contributed by atoms with Gasteiger partial charge in [-0.15, -0.1) is 0 Å². The van der Waals surface area contributed by atoms with E-state index in [1.165, 1.54) is 26.1 Å². The molecule has 4 heterocycles. The summed E-state index contributed by atoms with van der Waals surface area (Å²) in [6.07, 6.45) is 3.84. The van der Waals surface area contributed by atoms with Gasteiger partial charge in [-0.2, -0.15) is 0 Å². The van der Waals surface area contributed by atoms with Crippen molar-refractivity contribution in [1.82, 2.24) is 9.88 Å².